The average molecular weight is 438 g/mol. The van der Waals surface area contributed by atoms with Gasteiger partial charge < -0.3 is 9.64 Å². The quantitative estimate of drug-likeness (QED) is 0.484. The molecule has 150 valence electrons. The van der Waals surface area contributed by atoms with E-state index < -0.39 is 0 Å². The molecule has 5 aliphatic carbocycles. The molecule has 1 amide bonds. The van der Waals surface area contributed by atoms with Crippen LogP contribution < -0.4 is 0 Å². The molecule has 0 N–H and O–H groups in total. The molecule has 27 heavy (non-hydrogen) atoms. The van der Waals surface area contributed by atoms with Crippen LogP contribution in [0.15, 0.2) is 0 Å². The van der Waals surface area contributed by atoms with Crippen LogP contribution in [-0.4, -0.2) is 40.3 Å². The summed E-state index contributed by atoms with van der Waals surface area (Å²) in [6, 6.07) is -0.0790. The van der Waals surface area contributed by atoms with Crippen LogP contribution in [0.2, 0.25) is 0 Å². The normalized spacial score (nSPS) is 47.8. The van der Waals surface area contributed by atoms with E-state index in [4.69, 9.17) is 4.74 Å². The Labute approximate surface area is 170 Å². The molecular formula is C22H32BrNO3. The third-order valence-electron chi connectivity index (χ3n) is 8.49. The Morgan fingerprint density at radius 1 is 1.07 bits per heavy atom. The number of amides is 1. The predicted molar refractivity (Wildman–Crippen MR) is 106 cm³/mol. The van der Waals surface area contributed by atoms with Gasteiger partial charge in [0.15, 0.2) is 0 Å². The van der Waals surface area contributed by atoms with Crippen molar-refractivity contribution in [1.29, 1.82) is 0 Å². The van der Waals surface area contributed by atoms with Crippen LogP contribution >= 0.6 is 15.9 Å². The Balaban J connectivity index is 1.38. The third kappa shape index (κ3) is 3.07. The molecule has 5 atom stereocenters. The van der Waals surface area contributed by atoms with Gasteiger partial charge in [0.25, 0.3) is 0 Å². The maximum absolute atomic E-state index is 13.6. The lowest BCUT2D eigenvalue weighted by molar-refractivity contribution is -0.155. The van der Waals surface area contributed by atoms with Gasteiger partial charge in [-0.3, -0.25) is 4.79 Å². The van der Waals surface area contributed by atoms with Crippen molar-refractivity contribution in [2.24, 2.45) is 23.2 Å². The number of hydrogen-bond donors (Lipinski definition) is 0. The van der Waals surface area contributed by atoms with E-state index in [-0.39, 0.29) is 33.7 Å². The van der Waals surface area contributed by atoms with Gasteiger partial charge in [-0.1, -0.05) is 28.8 Å². The highest BCUT2D eigenvalue weighted by Gasteiger charge is 2.58. The molecule has 0 aromatic heterocycles. The predicted octanol–water partition coefficient (Wildman–Crippen LogP) is 4.44. The molecule has 0 aromatic carbocycles. The molecule has 0 aromatic rings. The number of nitrogens with zero attached hydrogens (tertiary/aromatic N) is 1. The molecule has 1 aliphatic heterocycles. The van der Waals surface area contributed by atoms with E-state index in [2.05, 4.69) is 15.9 Å². The second-order valence-corrected chi connectivity index (χ2v) is 12.2. The van der Waals surface area contributed by atoms with Crippen LogP contribution in [0.1, 0.15) is 77.0 Å². The summed E-state index contributed by atoms with van der Waals surface area (Å²) in [7, 11) is 1.46. The van der Waals surface area contributed by atoms with Gasteiger partial charge in [0, 0.05) is 16.8 Å². The smallest absolute Gasteiger partial charge is 0.328 e. The number of alkyl halides is 1. The topological polar surface area (TPSA) is 46.6 Å². The Hall–Kier alpha value is -0.580. The molecule has 5 saturated carbocycles. The Kier molecular flexibility index (Phi) is 4.42. The largest absolute Gasteiger partial charge is 0.467 e. The molecule has 1 saturated heterocycles. The van der Waals surface area contributed by atoms with Gasteiger partial charge in [-0.2, -0.15) is 0 Å². The summed E-state index contributed by atoms with van der Waals surface area (Å²) in [6.45, 7) is 0. The monoisotopic (exact) mass is 437 g/mol. The third-order valence-corrected chi connectivity index (χ3v) is 9.41. The highest BCUT2D eigenvalue weighted by molar-refractivity contribution is 9.10. The molecule has 1 heterocycles. The first-order valence-electron chi connectivity index (χ1n) is 11.0. The molecule has 0 spiro atoms. The van der Waals surface area contributed by atoms with Gasteiger partial charge in [-0.15, -0.1) is 0 Å². The first-order valence-corrected chi connectivity index (χ1v) is 11.8. The minimum absolute atomic E-state index is 0.165. The van der Waals surface area contributed by atoms with Crippen molar-refractivity contribution in [3.05, 3.63) is 0 Å². The van der Waals surface area contributed by atoms with E-state index in [1.54, 1.807) is 0 Å². The lowest BCUT2D eigenvalue weighted by Gasteiger charge is -2.60. The average Bonchev–Trinajstić information content (AvgIpc) is 2.98. The number of rotatable bonds is 3. The Bertz CT molecular complexity index is 635. The fraction of sp³-hybridized carbons (Fsp3) is 0.909. The highest BCUT2D eigenvalue weighted by atomic mass is 79.9. The zero-order valence-electron chi connectivity index (χ0n) is 16.4. The molecule has 6 aliphatic rings. The van der Waals surface area contributed by atoms with E-state index >= 15 is 0 Å². The molecule has 6 fully saturated rings. The summed E-state index contributed by atoms with van der Waals surface area (Å²) in [5, 5.41) is 0. The fourth-order valence-electron chi connectivity index (χ4n) is 8.12. The SMILES string of the molecule is COC(=O)C1CC2CCCCC2N1C(=O)CC12CC3CC(CC(Br)(C3)C1)C2. The second kappa shape index (κ2) is 6.47. The van der Waals surface area contributed by atoms with Gasteiger partial charge in [-0.25, -0.2) is 4.79 Å². The lowest BCUT2D eigenvalue weighted by Crippen LogP contribution is -2.55. The number of carbonyl (C=O) groups is 2. The number of likely N-dealkylation sites (tertiary alicyclic amines) is 1. The van der Waals surface area contributed by atoms with Gasteiger partial charge in [0.1, 0.15) is 6.04 Å². The van der Waals surface area contributed by atoms with E-state index in [1.807, 2.05) is 4.90 Å². The van der Waals surface area contributed by atoms with Crippen LogP contribution in [0.4, 0.5) is 0 Å². The van der Waals surface area contributed by atoms with Crippen molar-refractivity contribution < 1.29 is 14.3 Å². The number of ether oxygens (including phenoxy) is 1. The number of fused-ring (bicyclic) bond motifs is 1. The summed E-state index contributed by atoms with van der Waals surface area (Å²) in [6.07, 6.45) is 13.6. The lowest BCUT2D eigenvalue weighted by atomic mass is 9.48. The van der Waals surface area contributed by atoms with Crippen molar-refractivity contribution in [1.82, 2.24) is 4.90 Å². The van der Waals surface area contributed by atoms with Crippen LogP contribution in [0.5, 0.6) is 0 Å². The molecule has 5 unspecified atom stereocenters. The number of halogens is 1. The zero-order chi connectivity index (χ0) is 18.8. The number of esters is 1. The van der Waals surface area contributed by atoms with Gasteiger partial charge >= 0.3 is 5.97 Å². The van der Waals surface area contributed by atoms with Crippen molar-refractivity contribution in [3.63, 3.8) is 0 Å². The fourth-order valence-corrected chi connectivity index (χ4v) is 9.63. The summed E-state index contributed by atoms with van der Waals surface area (Å²) in [4.78, 5) is 28.1. The first-order chi connectivity index (χ1) is 12.9. The molecule has 5 heteroatoms. The molecule has 4 bridgehead atoms. The van der Waals surface area contributed by atoms with E-state index in [0.717, 1.165) is 37.5 Å². The molecular weight excluding hydrogens is 406 g/mol. The van der Waals surface area contributed by atoms with E-state index in [9.17, 15) is 9.59 Å². The minimum Gasteiger partial charge on any atom is -0.467 e. The Morgan fingerprint density at radius 3 is 2.44 bits per heavy atom. The summed E-state index contributed by atoms with van der Waals surface area (Å²) < 4.78 is 5.37. The van der Waals surface area contributed by atoms with Crippen LogP contribution in [-0.2, 0) is 14.3 Å². The second-order valence-electron chi connectivity index (χ2n) is 10.5. The van der Waals surface area contributed by atoms with Gasteiger partial charge in [-0.05, 0) is 81.0 Å². The number of methoxy groups -OCH3 is 1. The number of hydrogen-bond acceptors (Lipinski definition) is 3. The van der Waals surface area contributed by atoms with Crippen LogP contribution in [0, 0.1) is 23.2 Å². The minimum atomic E-state index is -0.345. The standard InChI is InChI=1S/C22H32BrNO3/c1-27-20(26)18-7-16-4-2-3-5-17(16)24(18)19(25)12-21-8-14-6-15(9-21)11-22(23,10-14)13-21/h14-18H,2-13H2,1H3. The highest BCUT2D eigenvalue weighted by Crippen LogP contribution is 2.65. The maximum Gasteiger partial charge on any atom is 0.328 e. The van der Waals surface area contributed by atoms with Crippen molar-refractivity contribution in [2.75, 3.05) is 7.11 Å². The van der Waals surface area contributed by atoms with Gasteiger partial charge in [0.2, 0.25) is 5.91 Å². The van der Waals surface area contributed by atoms with E-state index in [1.165, 1.54) is 52.1 Å². The van der Waals surface area contributed by atoms with Crippen molar-refractivity contribution in [3.8, 4) is 0 Å². The maximum atomic E-state index is 13.6. The van der Waals surface area contributed by atoms with Crippen molar-refractivity contribution >= 4 is 27.8 Å². The Morgan fingerprint density at radius 2 is 1.78 bits per heavy atom. The van der Waals surface area contributed by atoms with Gasteiger partial charge in [0.05, 0.1) is 7.11 Å². The van der Waals surface area contributed by atoms with Crippen LogP contribution in [0.25, 0.3) is 0 Å². The zero-order valence-corrected chi connectivity index (χ0v) is 18.0. The first kappa shape index (κ1) is 18.4. The molecule has 6 rings (SSSR count). The molecule has 4 nitrogen and oxygen atoms in total. The molecule has 0 radical (unpaired) electrons. The summed E-state index contributed by atoms with van der Waals surface area (Å²) in [5.41, 5.74) is 0.165. The van der Waals surface area contributed by atoms with E-state index in [0.29, 0.717) is 12.3 Å². The number of carbonyl (C=O) groups excluding carboxylic acids is 2. The van der Waals surface area contributed by atoms with Crippen LogP contribution in [0.3, 0.4) is 0 Å². The summed E-state index contributed by atoms with van der Waals surface area (Å²) in [5.74, 6) is 2.09. The summed E-state index contributed by atoms with van der Waals surface area (Å²) >= 11 is 4.07. The van der Waals surface area contributed by atoms with Crippen molar-refractivity contribution in [2.45, 2.75) is 93.5 Å².